The highest BCUT2D eigenvalue weighted by molar-refractivity contribution is 5.82. The fraction of sp³-hybridized carbons (Fsp3) is 0.588. The highest BCUT2D eigenvalue weighted by Gasteiger charge is 2.43. The highest BCUT2D eigenvalue weighted by atomic mass is 16.5. The van der Waals surface area contributed by atoms with E-state index in [0.29, 0.717) is 12.2 Å². The number of hydrogen-bond donors (Lipinski definition) is 2. The molecule has 1 aliphatic heterocycles. The van der Waals surface area contributed by atoms with Crippen molar-refractivity contribution in [1.29, 1.82) is 5.26 Å². The molecule has 1 unspecified atom stereocenters. The molecule has 24 heavy (non-hydrogen) atoms. The summed E-state index contributed by atoms with van der Waals surface area (Å²) in [5.74, 6) is 0.591. The molecule has 0 amide bonds. The summed E-state index contributed by atoms with van der Waals surface area (Å²) < 4.78 is 0. The maximum absolute atomic E-state index is 10.6. The van der Waals surface area contributed by atoms with Crippen molar-refractivity contribution in [3.05, 3.63) is 24.4 Å². The van der Waals surface area contributed by atoms with E-state index in [1.165, 1.54) is 9.96 Å². The van der Waals surface area contributed by atoms with Crippen LogP contribution in [0.4, 0.5) is 5.82 Å². The van der Waals surface area contributed by atoms with Gasteiger partial charge in [0.25, 0.3) is 0 Å². The summed E-state index contributed by atoms with van der Waals surface area (Å²) in [4.78, 5) is 9.80. The number of pyridine rings is 1. The van der Waals surface area contributed by atoms with Crippen LogP contribution >= 0.6 is 0 Å². The molecular formula is C17H26N6O. The van der Waals surface area contributed by atoms with Gasteiger partial charge in [0.2, 0.25) is 5.96 Å². The van der Waals surface area contributed by atoms with Crippen molar-refractivity contribution in [2.75, 3.05) is 0 Å². The van der Waals surface area contributed by atoms with Crippen LogP contribution in [0.25, 0.3) is 0 Å². The Bertz CT molecular complexity index is 634. The summed E-state index contributed by atoms with van der Waals surface area (Å²) in [6.07, 6.45) is 5.85. The lowest BCUT2D eigenvalue weighted by Gasteiger charge is -2.42. The zero-order valence-electron chi connectivity index (χ0n) is 14.8. The summed E-state index contributed by atoms with van der Waals surface area (Å²) in [7, 11) is 0. The number of aromatic nitrogens is 1. The number of nitriles is 1. The molecule has 2 rings (SSSR count). The zero-order chi connectivity index (χ0) is 18.0. The monoisotopic (exact) mass is 330 g/mol. The highest BCUT2D eigenvalue weighted by Crippen LogP contribution is 2.36. The lowest BCUT2D eigenvalue weighted by molar-refractivity contribution is -0.221. The molecule has 0 aliphatic carbocycles. The third-order valence-electron chi connectivity index (χ3n) is 4.57. The molecule has 1 aromatic rings. The second-order valence-electron chi connectivity index (χ2n) is 7.46. The van der Waals surface area contributed by atoms with E-state index in [9.17, 15) is 10.5 Å². The predicted molar refractivity (Wildman–Crippen MR) is 92.4 cm³/mol. The van der Waals surface area contributed by atoms with Gasteiger partial charge in [0.15, 0.2) is 12.0 Å². The maximum Gasteiger partial charge on any atom is 0.211 e. The molecule has 1 aliphatic rings. The summed E-state index contributed by atoms with van der Waals surface area (Å²) in [5, 5.41) is 21.6. The van der Waals surface area contributed by atoms with Crippen LogP contribution in [0.2, 0.25) is 0 Å². The molecule has 1 atom stereocenters. The van der Waals surface area contributed by atoms with E-state index >= 15 is 0 Å². The van der Waals surface area contributed by atoms with E-state index in [4.69, 9.17) is 5.73 Å². The van der Waals surface area contributed by atoms with Crippen LogP contribution in [-0.2, 0) is 0 Å². The van der Waals surface area contributed by atoms with Gasteiger partial charge in [0, 0.05) is 23.3 Å². The Morgan fingerprint density at radius 1 is 1.42 bits per heavy atom. The van der Waals surface area contributed by atoms with Crippen molar-refractivity contribution >= 4 is 11.8 Å². The molecular weight excluding hydrogens is 304 g/mol. The Morgan fingerprint density at radius 3 is 2.71 bits per heavy atom. The quantitative estimate of drug-likeness (QED) is 0.374. The number of hydrogen-bond acceptors (Lipinski definition) is 5. The smallest absolute Gasteiger partial charge is 0.211 e. The van der Waals surface area contributed by atoms with Crippen molar-refractivity contribution < 1.29 is 5.21 Å². The minimum atomic E-state index is -0.481. The van der Waals surface area contributed by atoms with E-state index in [0.717, 1.165) is 12.8 Å². The van der Waals surface area contributed by atoms with E-state index in [2.05, 4.69) is 16.2 Å². The minimum Gasteiger partial charge on any atom is -0.369 e. The van der Waals surface area contributed by atoms with Gasteiger partial charge in [-0.05, 0) is 59.1 Å². The SMILES string of the molecule is CC1(C)CCC(N(C#N)/C(N)=N/c2ccccn2)CC(C)(C)N1O. The van der Waals surface area contributed by atoms with E-state index in [1.807, 2.05) is 33.8 Å². The average Bonchev–Trinajstić information content (AvgIpc) is 2.60. The van der Waals surface area contributed by atoms with E-state index < -0.39 is 5.54 Å². The van der Waals surface area contributed by atoms with Gasteiger partial charge >= 0.3 is 0 Å². The van der Waals surface area contributed by atoms with Gasteiger partial charge in [-0.3, -0.25) is 0 Å². The number of nitrogens with zero attached hydrogens (tertiary/aromatic N) is 5. The topological polar surface area (TPSA) is 102 Å². The Hall–Kier alpha value is -2.17. The van der Waals surface area contributed by atoms with Gasteiger partial charge in [0.1, 0.15) is 0 Å². The van der Waals surface area contributed by atoms with Gasteiger partial charge in [-0.1, -0.05) is 6.07 Å². The van der Waals surface area contributed by atoms with Crippen LogP contribution in [0.15, 0.2) is 29.4 Å². The van der Waals surface area contributed by atoms with Gasteiger partial charge in [0.05, 0.1) is 0 Å². The molecule has 0 radical (unpaired) electrons. The van der Waals surface area contributed by atoms with Crippen molar-refractivity contribution in [2.45, 2.75) is 64.1 Å². The molecule has 0 aromatic carbocycles. The minimum absolute atomic E-state index is 0.126. The first kappa shape index (κ1) is 18.2. The molecule has 0 spiro atoms. The molecule has 2 heterocycles. The standard InChI is InChI=1S/C17H26N6O/c1-16(2)9-8-13(11-17(3,4)23(16)24)22(12-18)15(19)21-14-7-5-6-10-20-14/h5-7,10,13,24H,8-9,11H2,1-4H3,(H2,19,20,21). The molecule has 0 bridgehead atoms. The maximum atomic E-state index is 10.6. The normalized spacial score (nSPS) is 24.0. The predicted octanol–water partition coefficient (Wildman–Crippen LogP) is 2.61. The molecule has 1 fully saturated rings. The summed E-state index contributed by atoms with van der Waals surface area (Å²) in [6, 6.07) is 5.21. The second kappa shape index (κ2) is 6.75. The molecule has 1 saturated heterocycles. The van der Waals surface area contributed by atoms with Gasteiger partial charge in [-0.25, -0.2) is 9.88 Å². The Balaban J connectivity index is 2.27. The lowest BCUT2D eigenvalue weighted by atomic mass is 9.94. The van der Waals surface area contributed by atoms with Crippen LogP contribution in [0.1, 0.15) is 47.0 Å². The summed E-state index contributed by atoms with van der Waals surface area (Å²) >= 11 is 0. The fourth-order valence-corrected chi connectivity index (χ4v) is 3.34. The van der Waals surface area contributed by atoms with Crippen LogP contribution in [-0.4, -0.2) is 43.2 Å². The summed E-state index contributed by atoms with van der Waals surface area (Å²) in [5.41, 5.74) is 5.22. The number of hydroxylamine groups is 2. The molecule has 3 N–H and O–H groups in total. The largest absolute Gasteiger partial charge is 0.369 e. The lowest BCUT2D eigenvalue weighted by Crippen LogP contribution is -2.53. The first-order valence-electron chi connectivity index (χ1n) is 8.11. The Kier molecular flexibility index (Phi) is 5.11. The molecule has 7 nitrogen and oxygen atoms in total. The Morgan fingerprint density at radius 2 is 2.12 bits per heavy atom. The fourth-order valence-electron chi connectivity index (χ4n) is 3.34. The van der Waals surface area contributed by atoms with Crippen LogP contribution in [0, 0.1) is 11.5 Å². The number of guanidine groups is 1. The van der Waals surface area contributed by atoms with Crippen molar-refractivity contribution in [1.82, 2.24) is 14.9 Å². The zero-order valence-corrected chi connectivity index (χ0v) is 14.8. The first-order valence-corrected chi connectivity index (χ1v) is 8.11. The summed E-state index contributed by atoms with van der Waals surface area (Å²) in [6.45, 7) is 7.93. The second-order valence-corrected chi connectivity index (χ2v) is 7.46. The van der Waals surface area contributed by atoms with Gasteiger partial charge in [-0.2, -0.15) is 15.3 Å². The molecule has 7 heteroatoms. The van der Waals surface area contributed by atoms with Crippen molar-refractivity contribution in [3.8, 4) is 6.19 Å². The number of aliphatic imine (C=N–C) groups is 1. The third-order valence-corrected chi connectivity index (χ3v) is 4.57. The first-order chi connectivity index (χ1) is 11.2. The van der Waals surface area contributed by atoms with Gasteiger partial charge in [-0.15, -0.1) is 0 Å². The third kappa shape index (κ3) is 3.83. The van der Waals surface area contributed by atoms with E-state index in [1.54, 1.807) is 18.3 Å². The Labute approximate surface area is 143 Å². The van der Waals surface area contributed by atoms with Crippen molar-refractivity contribution in [3.63, 3.8) is 0 Å². The van der Waals surface area contributed by atoms with Crippen LogP contribution < -0.4 is 5.73 Å². The van der Waals surface area contributed by atoms with Gasteiger partial charge < -0.3 is 10.9 Å². The average molecular weight is 330 g/mol. The van der Waals surface area contributed by atoms with Crippen LogP contribution in [0.3, 0.4) is 0 Å². The molecule has 1 aromatic heterocycles. The molecule has 0 saturated carbocycles. The number of nitrogens with two attached hydrogens (primary N) is 1. The van der Waals surface area contributed by atoms with Crippen molar-refractivity contribution in [2.24, 2.45) is 10.7 Å². The molecule has 130 valence electrons. The van der Waals surface area contributed by atoms with Crippen LogP contribution in [0.5, 0.6) is 0 Å². The number of rotatable bonds is 2. The van der Waals surface area contributed by atoms with E-state index in [-0.39, 0.29) is 17.5 Å².